The molecule has 0 saturated carbocycles. The number of hydrogen-bond donors (Lipinski definition) is 0. The first-order chi connectivity index (χ1) is 17.0. The van der Waals surface area contributed by atoms with Gasteiger partial charge in [-0.3, -0.25) is 4.79 Å². The Balaban J connectivity index is 1.74. The van der Waals surface area contributed by atoms with Gasteiger partial charge in [-0.1, -0.05) is 25.5 Å². The number of hydrogen-bond acceptors (Lipinski definition) is 4. The number of rotatable bonds is 7. The zero-order valence-electron chi connectivity index (χ0n) is 21.2. The van der Waals surface area contributed by atoms with Crippen molar-refractivity contribution in [2.24, 2.45) is 7.05 Å². The number of carbonyl (C=O) groups excluding carboxylic acids is 1. The van der Waals surface area contributed by atoms with Gasteiger partial charge >= 0.3 is 0 Å². The number of fused-ring (bicyclic) bond motifs is 1. The molecule has 4 rings (SSSR count). The molecule has 0 radical (unpaired) electrons. The van der Waals surface area contributed by atoms with Crippen molar-refractivity contribution >= 4 is 27.4 Å². The van der Waals surface area contributed by atoms with E-state index in [2.05, 4.69) is 18.1 Å². The average molecular weight is 511 g/mol. The number of aromatic nitrogens is 3. The number of aryl methyl sites for hydroxylation is 1. The lowest BCUT2D eigenvalue weighted by molar-refractivity contribution is -0.126. The third kappa shape index (κ3) is 4.80. The summed E-state index contributed by atoms with van der Waals surface area (Å²) in [5.74, 6) is -0.501. The van der Waals surface area contributed by atoms with Crippen molar-refractivity contribution in [1.29, 1.82) is 0 Å². The predicted molar refractivity (Wildman–Crippen MR) is 139 cm³/mol. The molecule has 0 bridgehead atoms. The van der Waals surface area contributed by atoms with Gasteiger partial charge in [-0.05, 0) is 55.7 Å². The molecule has 0 saturated heterocycles. The van der Waals surface area contributed by atoms with E-state index < -0.39 is 9.84 Å². The average Bonchev–Trinajstić information content (AvgIpc) is 3.38. The van der Waals surface area contributed by atoms with Gasteiger partial charge in [-0.25, -0.2) is 17.5 Å². The summed E-state index contributed by atoms with van der Waals surface area (Å²) in [4.78, 5) is 15.8. The van der Waals surface area contributed by atoms with E-state index in [0.29, 0.717) is 29.7 Å². The van der Waals surface area contributed by atoms with E-state index >= 15 is 0 Å². The molecule has 0 spiro atoms. The van der Waals surface area contributed by atoms with Crippen LogP contribution < -0.4 is 0 Å². The van der Waals surface area contributed by atoms with Gasteiger partial charge in [0.05, 0.1) is 28.5 Å². The number of allylic oxidation sites excluding steroid dienone is 2. The smallest absolute Gasteiger partial charge is 0.254 e. The van der Waals surface area contributed by atoms with Gasteiger partial charge in [-0.2, -0.15) is 5.10 Å². The van der Waals surface area contributed by atoms with Crippen LogP contribution >= 0.6 is 0 Å². The fourth-order valence-electron chi connectivity index (χ4n) is 4.63. The summed E-state index contributed by atoms with van der Waals surface area (Å²) in [6, 6.07) is 7.41. The quantitative estimate of drug-likeness (QED) is 0.451. The molecule has 0 fully saturated rings. The van der Waals surface area contributed by atoms with Gasteiger partial charge < -0.3 is 9.47 Å². The van der Waals surface area contributed by atoms with Crippen LogP contribution in [0.15, 0.2) is 59.3 Å². The van der Waals surface area contributed by atoms with Crippen molar-refractivity contribution in [2.75, 3.05) is 13.3 Å². The largest absolute Gasteiger partial charge is 0.351 e. The first kappa shape index (κ1) is 25.6. The van der Waals surface area contributed by atoms with Gasteiger partial charge in [0.25, 0.3) is 5.91 Å². The van der Waals surface area contributed by atoms with Crippen LogP contribution in [0.25, 0.3) is 17.3 Å². The summed E-state index contributed by atoms with van der Waals surface area (Å²) in [6.45, 7) is 4.04. The molecule has 36 heavy (non-hydrogen) atoms. The SMILES string of the molecule is CCC1=Cc2c(cnn2-c2ccc(F)cc2)C(C(=O)N(C)C(CC)c2cc(S(C)(=O)=O)cn2C)=CC1. The summed E-state index contributed by atoms with van der Waals surface area (Å²) in [5, 5.41) is 4.54. The number of likely N-dealkylation sites (N-methyl/N-ethyl adjacent to an activating group) is 1. The van der Waals surface area contributed by atoms with Crippen molar-refractivity contribution in [3.63, 3.8) is 0 Å². The van der Waals surface area contributed by atoms with Crippen LogP contribution in [0, 0.1) is 5.82 Å². The highest BCUT2D eigenvalue weighted by molar-refractivity contribution is 7.90. The van der Waals surface area contributed by atoms with Crippen LogP contribution in [0.2, 0.25) is 0 Å². The Morgan fingerprint density at radius 3 is 2.50 bits per heavy atom. The Morgan fingerprint density at radius 1 is 1.22 bits per heavy atom. The van der Waals surface area contributed by atoms with E-state index in [1.165, 1.54) is 18.4 Å². The van der Waals surface area contributed by atoms with Crippen LogP contribution in [0.1, 0.15) is 56.1 Å². The molecule has 1 aromatic carbocycles. The second-order valence-electron chi connectivity index (χ2n) is 9.13. The van der Waals surface area contributed by atoms with Crippen LogP contribution in [0.3, 0.4) is 0 Å². The molecule has 7 nitrogen and oxygen atoms in total. The molecule has 1 atom stereocenters. The molecule has 0 N–H and O–H groups in total. The van der Waals surface area contributed by atoms with E-state index in [1.54, 1.807) is 58.8 Å². The van der Waals surface area contributed by atoms with Crippen molar-refractivity contribution < 1.29 is 17.6 Å². The third-order valence-corrected chi connectivity index (χ3v) is 7.80. The lowest BCUT2D eigenvalue weighted by atomic mass is 10.0. The van der Waals surface area contributed by atoms with Crippen LogP contribution in [0.4, 0.5) is 4.39 Å². The Kier molecular flexibility index (Phi) is 7.04. The highest BCUT2D eigenvalue weighted by atomic mass is 32.2. The van der Waals surface area contributed by atoms with E-state index in [-0.39, 0.29) is 22.7 Å². The molecule has 2 aromatic heterocycles. The van der Waals surface area contributed by atoms with Crippen LogP contribution in [-0.2, 0) is 21.7 Å². The van der Waals surface area contributed by atoms with Crippen molar-refractivity contribution in [1.82, 2.24) is 19.2 Å². The van der Waals surface area contributed by atoms with E-state index in [1.807, 2.05) is 13.0 Å². The molecule has 1 unspecified atom stereocenters. The Labute approximate surface area is 211 Å². The van der Waals surface area contributed by atoms with Crippen LogP contribution in [-0.4, -0.2) is 46.9 Å². The molecular formula is C27H31FN4O3S. The van der Waals surface area contributed by atoms with Gasteiger partial charge in [-0.15, -0.1) is 0 Å². The second-order valence-corrected chi connectivity index (χ2v) is 11.1. The fraction of sp³-hybridized carbons (Fsp3) is 0.333. The first-order valence-corrected chi connectivity index (χ1v) is 13.8. The maximum absolute atomic E-state index is 13.9. The fourth-order valence-corrected chi connectivity index (χ4v) is 5.32. The molecular weight excluding hydrogens is 479 g/mol. The zero-order chi connectivity index (χ0) is 26.2. The normalized spacial score (nSPS) is 14.5. The number of carbonyl (C=O) groups is 1. The van der Waals surface area contributed by atoms with Crippen molar-refractivity contribution in [2.45, 2.75) is 44.0 Å². The lowest BCUT2D eigenvalue weighted by Gasteiger charge is -2.29. The Bertz CT molecular complexity index is 1460. The minimum absolute atomic E-state index is 0.172. The molecule has 9 heteroatoms. The number of benzene rings is 1. The molecule has 1 amide bonds. The highest BCUT2D eigenvalue weighted by Crippen LogP contribution is 2.34. The second kappa shape index (κ2) is 9.89. The highest BCUT2D eigenvalue weighted by Gasteiger charge is 2.29. The van der Waals surface area contributed by atoms with E-state index in [0.717, 1.165) is 23.4 Å². The first-order valence-electron chi connectivity index (χ1n) is 11.9. The summed E-state index contributed by atoms with van der Waals surface area (Å²) in [6.07, 6.45) is 10.5. The molecule has 0 aliphatic heterocycles. The topological polar surface area (TPSA) is 77.2 Å². The summed E-state index contributed by atoms with van der Waals surface area (Å²) in [7, 11) is 0.164. The summed E-state index contributed by atoms with van der Waals surface area (Å²) in [5.41, 5.74) is 4.62. The number of halogens is 1. The molecule has 1 aliphatic rings. The third-order valence-electron chi connectivity index (χ3n) is 6.72. The summed E-state index contributed by atoms with van der Waals surface area (Å²) >= 11 is 0. The lowest BCUT2D eigenvalue weighted by Crippen LogP contribution is -2.32. The molecule has 190 valence electrons. The molecule has 2 heterocycles. The van der Waals surface area contributed by atoms with Crippen molar-refractivity contribution in [3.05, 3.63) is 77.1 Å². The minimum Gasteiger partial charge on any atom is -0.351 e. The predicted octanol–water partition coefficient (Wildman–Crippen LogP) is 4.94. The number of sulfone groups is 1. The van der Waals surface area contributed by atoms with Gasteiger partial charge in [0, 0.05) is 43.4 Å². The van der Waals surface area contributed by atoms with Gasteiger partial charge in [0.2, 0.25) is 0 Å². The maximum Gasteiger partial charge on any atom is 0.254 e. The number of nitrogens with zero attached hydrogens (tertiary/aromatic N) is 4. The molecule has 3 aromatic rings. The van der Waals surface area contributed by atoms with E-state index in [9.17, 15) is 17.6 Å². The Morgan fingerprint density at radius 2 is 1.92 bits per heavy atom. The minimum atomic E-state index is -3.37. The maximum atomic E-state index is 13.9. The van der Waals surface area contributed by atoms with Crippen LogP contribution in [0.5, 0.6) is 0 Å². The van der Waals surface area contributed by atoms with E-state index in [4.69, 9.17) is 0 Å². The van der Waals surface area contributed by atoms with Crippen molar-refractivity contribution in [3.8, 4) is 5.69 Å². The summed E-state index contributed by atoms with van der Waals surface area (Å²) < 4.78 is 41.2. The number of amides is 1. The standard InChI is InChI=1S/C27H31FN4O3S/c1-6-18-8-13-22(23-16-29-32(25(23)14-18)20-11-9-19(28)10-12-20)27(33)31(4)24(7-2)26-15-21(17-30(26)3)36(5,34)35/h9-17,24H,6-8H2,1-5H3. The van der Waals surface area contributed by atoms with Gasteiger partial charge in [0.15, 0.2) is 9.84 Å². The van der Waals surface area contributed by atoms with Gasteiger partial charge in [0.1, 0.15) is 5.82 Å². The monoisotopic (exact) mass is 510 g/mol. The zero-order valence-corrected chi connectivity index (χ0v) is 22.0. The Hall–Kier alpha value is -3.46. The molecule has 1 aliphatic carbocycles.